The Hall–Kier alpha value is -1.14. The summed E-state index contributed by atoms with van der Waals surface area (Å²) in [6.07, 6.45) is 0.997. The van der Waals surface area contributed by atoms with E-state index in [2.05, 4.69) is 0 Å². The average molecular weight is 321 g/mol. The van der Waals surface area contributed by atoms with Gasteiger partial charge in [-0.05, 0) is 24.3 Å². The first-order valence-electron chi connectivity index (χ1n) is 6.08. The average Bonchev–Trinajstić information content (AvgIpc) is 3.02. The normalized spacial score (nSPS) is 16.9. The predicted octanol–water partition coefficient (Wildman–Crippen LogP) is 2.65. The maximum atomic E-state index is 13.7. The Balaban J connectivity index is 2.12. The van der Waals surface area contributed by atoms with Gasteiger partial charge in [0.2, 0.25) is 0 Å². The van der Waals surface area contributed by atoms with Gasteiger partial charge in [0.25, 0.3) is 0 Å². The molecule has 7 heteroatoms. The third kappa shape index (κ3) is 3.70. The van der Waals surface area contributed by atoms with Gasteiger partial charge in [0.15, 0.2) is 9.84 Å². The fraction of sp³-hybridized carbons (Fsp3) is 0.462. The van der Waals surface area contributed by atoms with E-state index < -0.39 is 32.8 Å². The molecule has 1 aromatic rings. The molecule has 0 atom stereocenters. The van der Waals surface area contributed by atoms with E-state index >= 15 is 0 Å². The Morgan fingerprint density at radius 1 is 1.40 bits per heavy atom. The van der Waals surface area contributed by atoms with Gasteiger partial charge in [-0.1, -0.05) is 23.7 Å². The summed E-state index contributed by atoms with van der Waals surface area (Å²) in [6, 6.07) is 4.20. The van der Waals surface area contributed by atoms with E-state index in [4.69, 9.17) is 16.7 Å². The van der Waals surface area contributed by atoms with Crippen LogP contribution in [0.15, 0.2) is 18.2 Å². The number of benzene rings is 1. The monoisotopic (exact) mass is 320 g/mol. The van der Waals surface area contributed by atoms with Gasteiger partial charge in [0, 0.05) is 5.56 Å². The first-order valence-corrected chi connectivity index (χ1v) is 8.28. The van der Waals surface area contributed by atoms with Crippen molar-refractivity contribution in [3.05, 3.63) is 34.6 Å². The zero-order valence-corrected chi connectivity index (χ0v) is 12.2. The second kappa shape index (κ2) is 5.33. The Labute approximate surface area is 121 Å². The summed E-state index contributed by atoms with van der Waals surface area (Å²) in [4.78, 5) is 10.7. The molecule has 0 unspecified atom stereocenters. The molecule has 20 heavy (non-hydrogen) atoms. The standard InChI is InChI=1S/C13H14ClFO4S/c14-10-3-1-2-9(12(10)15)7-20(18,19)8-13(4-5-13)6-11(16)17/h1-3H,4-8H2,(H,16,17). The van der Waals surface area contributed by atoms with Crippen molar-refractivity contribution in [2.75, 3.05) is 5.75 Å². The number of carboxylic acid groups (broad SMARTS) is 1. The van der Waals surface area contributed by atoms with Crippen LogP contribution in [-0.4, -0.2) is 25.2 Å². The molecule has 1 fully saturated rings. The molecule has 1 saturated carbocycles. The highest BCUT2D eigenvalue weighted by atomic mass is 35.5. The number of carbonyl (C=O) groups is 1. The van der Waals surface area contributed by atoms with Crippen molar-refractivity contribution in [2.45, 2.75) is 25.0 Å². The lowest BCUT2D eigenvalue weighted by molar-refractivity contribution is -0.138. The van der Waals surface area contributed by atoms with Crippen LogP contribution in [0.2, 0.25) is 5.02 Å². The van der Waals surface area contributed by atoms with E-state index in [1.165, 1.54) is 18.2 Å². The van der Waals surface area contributed by atoms with E-state index in [-0.39, 0.29) is 22.8 Å². The second-order valence-corrected chi connectivity index (χ2v) is 7.79. The summed E-state index contributed by atoms with van der Waals surface area (Å²) >= 11 is 5.61. The Kier molecular flexibility index (Phi) is 4.07. The molecule has 0 aliphatic heterocycles. The Bertz CT molecular complexity index is 638. The number of sulfone groups is 1. The second-order valence-electron chi connectivity index (χ2n) is 5.32. The largest absolute Gasteiger partial charge is 0.481 e. The minimum absolute atomic E-state index is 0.0172. The van der Waals surface area contributed by atoms with E-state index in [9.17, 15) is 17.6 Å². The molecule has 1 aliphatic carbocycles. The van der Waals surface area contributed by atoms with E-state index in [1.54, 1.807) is 0 Å². The molecular weight excluding hydrogens is 307 g/mol. The minimum Gasteiger partial charge on any atom is -0.481 e. The van der Waals surface area contributed by atoms with Crippen molar-refractivity contribution in [2.24, 2.45) is 5.41 Å². The highest BCUT2D eigenvalue weighted by molar-refractivity contribution is 7.90. The van der Waals surface area contributed by atoms with Crippen molar-refractivity contribution in [3.63, 3.8) is 0 Å². The summed E-state index contributed by atoms with van der Waals surface area (Å²) in [7, 11) is -3.58. The Morgan fingerprint density at radius 3 is 2.60 bits per heavy atom. The Morgan fingerprint density at radius 2 is 2.05 bits per heavy atom. The fourth-order valence-corrected chi connectivity index (χ4v) is 4.60. The van der Waals surface area contributed by atoms with Crippen LogP contribution in [0.4, 0.5) is 4.39 Å². The molecule has 0 aromatic heterocycles. The summed E-state index contributed by atoms with van der Waals surface area (Å²) in [5.74, 6) is -2.42. The van der Waals surface area contributed by atoms with Gasteiger partial charge in [-0.25, -0.2) is 12.8 Å². The molecule has 1 N–H and O–H groups in total. The van der Waals surface area contributed by atoms with Gasteiger partial charge in [0.1, 0.15) is 5.82 Å². The quantitative estimate of drug-likeness (QED) is 0.874. The van der Waals surface area contributed by atoms with Crippen LogP contribution in [0.25, 0.3) is 0 Å². The third-order valence-electron chi connectivity index (χ3n) is 3.42. The number of rotatable bonds is 6. The van der Waals surface area contributed by atoms with Crippen LogP contribution in [0.1, 0.15) is 24.8 Å². The molecular formula is C13H14ClFO4S. The van der Waals surface area contributed by atoms with Crippen molar-refractivity contribution >= 4 is 27.4 Å². The molecule has 0 amide bonds. The molecule has 4 nitrogen and oxygen atoms in total. The first kappa shape index (κ1) is 15.3. The lowest BCUT2D eigenvalue weighted by Gasteiger charge is -2.13. The molecule has 2 rings (SSSR count). The fourth-order valence-electron chi connectivity index (χ4n) is 2.28. The maximum Gasteiger partial charge on any atom is 0.303 e. The first-order chi connectivity index (χ1) is 9.23. The minimum atomic E-state index is -3.58. The van der Waals surface area contributed by atoms with Crippen LogP contribution < -0.4 is 0 Å². The van der Waals surface area contributed by atoms with E-state index in [0.29, 0.717) is 12.8 Å². The van der Waals surface area contributed by atoms with Gasteiger partial charge in [-0.3, -0.25) is 4.79 Å². The van der Waals surface area contributed by atoms with Crippen molar-refractivity contribution in [1.29, 1.82) is 0 Å². The third-order valence-corrected chi connectivity index (χ3v) is 5.51. The lowest BCUT2D eigenvalue weighted by Crippen LogP contribution is -2.22. The summed E-state index contributed by atoms with van der Waals surface area (Å²) in [5, 5.41) is 8.66. The van der Waals surface area contributed by atoms with Crippen LogP contribution in [0, 0.1) is 11.2 Å². The molecule has 0 bridgehead atoms. The molecule has 0 radical (unpaired) electrons. The van der Waals surface area contributed by atoms with Crippen LogP contribution in [-0.2, 0) is 20.4 Å². The van der Waals surface area contributed by atoms with Crippen molar-refractivity contribution in [3.8, 4) is 0 Å². The number of carboxylic acids is 1. The van der Waals surface area contributed by atoms with Gasteiger partial charge in [0.05, 0.1) is 22.9 Å². The van der Waals surface area contributed by atoms with Gasteiger partial charge in [-0.15, -0.1) is 0 Å². The number of halogens is 2. The van der Waals surface area contributed by atoms with E-state index in [0.717, 1.165) is 0 Å². The van der Waals surface area contributed by atoms with Crippen LogP contribution in [0.3, 0.4) is 0 Å². The highest BCUT2D eigenvalue weighted by Gasteiger charge is 2.47. The smallest absolute Gasteiger partial charge is 0.303 e. The summed E-state index contributed by atoms with van der Waals surface area (Å²) in [5.41, 5.74) is -0.650. The summed E-state index contributed by atoms with van der Waals surface area (Å²) < 4.78 is 37.9. The zero-order chi connectivity index (χ0) is 15.0. The zero-order valence-electron chi connectivity index (χ0n) is 10.6. The van der Waals surface area contributed by atoms with Crippen molar-refractivity contribution < 1.29 is 22.7 Å². The molecule has 110 valence electrons. The number of hydrogen-bond acceptors (Lipinski definition) is 3. The molecule has 1 aliphatic rings. The topological polar surface area (TPSA) is 71.4 Å². The van der Waals surface area contributed by atoms with E-state index in [1.807, 2.05) is 0 Å². The predicted molar refractivity (Wildman–Crippen MR) is 72.8 cm³/mol. The summed E-state index contributed by atoms with van der Waals surface area (Å²) in [6.45, 7) is 0. The van der Waals surface area contributed by atoms with Crippen molar-refractivity contribution in [1.82, 2.24) is 0 Å². The number of aliphatic carboxylic acids is 1. The maximum absolute atomic E-state index is 13.7. The number of hydrogen-bond donors (Lipinski definition) is 1. The molecule has 1 aromatic carbocycles. The van der Waals surface area contributed by atoms with Gasteiger partial charge >= 0.3 is 5.97 Å². The van der Waals surface area contributed by atoms with Gasteiger partial charge < -0.3 is 5.11 Å². The lowest BCUT2D eigenvalue weighted by atomic mass is 10.1. The molecule has 0 spiro atoms. The highest BCUT2D eigenvalue weighted by Crippen LogP contribution is 2.50. The SMILES string of the molecule is O=C(O)CC1(CS(=O)(=O)Cc2cccc(Cl)c2F)CC1. The molecule has 0 heterocycles. The van der Waals surface area contributed by atoms with Gasteiger partial charge in [-0.2, -0.15) is 0 Å². The molecule has 0 saturated heterocycles. The van der Waals surface area contributed by atoms with Crippen LogP contribution >= 0.6 is 11.6 Å². The van der Waals surface area contributed by atoms with Crippen LogP contribution in [0.5, 0.6) is 0 Å².